The SMILES string of the molecule is CN(C)C1C(=O)C(C(=O)NCN2CCN(CCO)CC2)=C(O)C2(O)C(=O)C3=C(O)c4c(O)ccc(Cl)c4C(O)C3CC12. The maximum atomic E-state index is 14.0. The highest BCUT2D eigenvalue weighted by molar-refractivity contribution is 6.32. The number of fused-ring (bicyclic) bond motifs is 3. The maximum absolute atomic E-state index is 14.0. The van der Waals surface area contributed by atoms with Crippen LogP contribution in [-0.2, 0) is 14.4 Å². The first-order valence-electron chi connectivity index (χ1n) is 13.7. The maximum Gasteiger partial charge on any atom is 0.259 e. The Morgan fingerprint density at radius 2 is 1.76 bits per heavy atom. The number of carbonyl (C=O) groups is 3. The Bertz CT molecular complexity index is 1390. The molecule has 1 aromatic carbocycles. The van der Waals surface area contributed by atoms with E-state index >= 15 is 0 Å². The lowest BCUT2D eigenvalue weighted by Gasteiger charge is -2.51. The van der Waals surface area contributed by atoms with Crippen LogP contribution >= 0.6 is 11.6 Å². The molecule has 0 aromatic heterocycles. The summed E-state index contributed by atoms with van der Waals surface area (Å²) < 4.78 is 0. The smallest absolute Gasteiger partial charge is 0.259 e. The van der Waals surface area contributed by atoms with Gasteiger partial charge in [-0.05, 0) is 32.6 Å². The third-order valence-corrected chi connectivity index (χ3v) is 9.30. The Labute approximate surface area is 246 Å². The van der Waals surface area contributed by atoms with Crippen molar-refractivity contribution in [1.29, 1.82) is 0 Å². The molecule has 4 aliphatic rings. The van der Waals surface area contributed by atoms with Crippen molar-refractivity contribution in [3.63, 3.8) is 0 Å². The predicted molar refractivity (Wildman–Crippen MR) is 149 cm³/mol. The zero-order chi connectivity index (χ0) is 30.7. The molecule has 2 fully saturated rings. The molecule has 0 radical (unpaired) electrons. The highest BCUT2D eigenvalue weighted by atomic mass is 35.5. The van der Waals surface area contributed by atoms with Gasteiger partial charge in [0.1, 0.15) is 22.8 Å². The number of ketones is 2. The second kappa shape index (κ2) is 11.2. The summed E-state index contributed by atoms with van der Waals surface area (Å²) in [5.74, 6) is -7.68. The molecule has 1 saturated heterocycles. The molecule has 1 heterocycles. The molecule has 7 N–H and O–H groups in total. The minimum atomic E-state index is -2.78. The van der Waals surface area contributed by atoms with Crippen LogP contribution in [0, 0.1) is 11.8 Å². The molecule has 14 heteroatoms. The van der Waals surface area contributed by atoms with E-state index in [1.165, 1.54) is 31.1 Å². The fourth-order valence-corrected chi connectivity index (χ4v) is 7.08. The molecule has 5 atom stereocenters. The topological polar surface area (TPSA) is 194 Å². The number of likely N-dealkylation sites (N-methyl/N-ethyl adjacent to an activating group) is 1. The summed E-state index contributed by atoms with van der Waals surface area (Å²) in [6.07, 6.45) is -1.72. The van der Waals surface area contributed by atoms with E-state index in [-0.39, 0.29) is 35.8 Å². The summed E-state index contributed by atoms with van der Waals surface area (Å²) in [5.41, 5.74) is -4.25. The van der Waals surface area contributed by atoms with Crippen molar-refractivity contribution in [2.75, 3.05) is 60.1 Å². The number of β-amino-alcohol motifs (C(OH)–C–C–N with tert-alkyl or cyclic N) is 1. The second-order valence-corrected chi connectivity index (χ2v) is 11.9. The van der Waals surface area contributed by atoms with Crippen LogP contribution in [0.3, 0.4) is 0 Å². The van der Waals surface area contributed by atoms with Crippen molar-refractivity contribution in [2.24, 2.45) is 11.8 Å². The van der Waals surface area contributed by atoms with Crippen LogP contribution in [0.1, 0.15) is 23.7 Å². The zero-order valence-electron chi connectivity index (χ0n) is 23.2. The summed E-state index contributed by atoms with van der Waals surface area (Å²) in [6, 6.07) is 1.28. The van der Waals surface area contributed by atoms with Gasteiger partial charge < -0.3 is 36.0 Å². The molecule has 0 bridgehead atoms. The molecule has 1 aromatic rings. The van der Waals surface area contributed by atoms with Crippen molar-refractivity contribution >= 4 is 34.8 Å². The Morgan fingerprint density at radius 3 is 2.38 bits per heavy atom. The fourth-order valence-electron chi connectivity index (χ4n) is 6.81. The molecule has 1 amide bonds. The first-order valence-corrected chi connectivity index (χ1v) is 14.1. The van der Waals surface area contributed by atoms with E-state index < -0.39 is 75.5 Å². The van der Waals surface area contributed by atoms with Crippen LogP contribution in [0.2, 0.25) is 5.02 Å². The lowest BCUT2D eigenvalue weighted by Crippen LogP contribution is -2.66. The number of nitrogens with one attached hydrogen (secondary N) is 1. The summed E-state index contributed by atoms with van der Waals surface area (Å²) in [4.78, 5) is 46.5. The lowest BCUT2D eigenvalue weighted by atomic mass is 9.57. The summed E-state index contributed by atoms with van der Waals surface area (Å²) in [6.45, 7) is 3.11. The minimum Gasteiger partial charge on any atom is -0.508 e. The van der Waals surface area contributed by atoms with Crippen LogP contribution in [-0.4, -0.2) is 135 Å². The fraction of sp³-hybridized carbons (Fsp3) is 0.536. The molecule has 3 aliphatic carbocycles. The lowest BCUT2D eigenvalue weighted by molar-refractivity contribution is -0.156. The molecular formula is C28H35ClN4O9. The summed E-state index contributed by atoms with van der Waals surface area (Å²) in [7, 11) is 3.06. The van der Waals surface area contributed by atoms with Crippen LogP contribution in [0.4, 0.5) is 0 Å². The van der Waals surface area contributed by atoms with Gasteiger partial charge in [-0.2, -0.15) is 0 Å². The number of aromatic hydroxyl groups is 1. The number of phenolic OH excluding ortho intramolecular Hbond substituents is 1. The third-order valence-electron chi connectivity index (χ3n) is 8.97. The van der Waals surface area contributed by atoms with E-state index in [1.54, 1.807) is 0 Å². The molecule has 1 aliphatic heterocycles. The number of hydrogen-bond acceptors (Lipinski definition) is 12. The Morgan fingerprint density at radius 1 is 1.12 bits per heavy atom. The van der Waals surface area contributed by atoms with Crippen molar-refractivity contribution in [2.45, 2.75) is 24.2 Å². The average Bonchev–Trinajstić information content (AvgIpc) is 2.94. The van der Waals surface area contributed by atoms with Crippen LogP contribution in [0.15, 0.2) is 29.0 Å². The molecule has 228 valence electrons. The number of nitrogens with zero attached hydrogens (tertiary/aromatic N) is 3. The Balaban J connectivity index is 1.52. The van der Waals surface area contributed by atoms with Gasteiger partial charge >= 0.3 is 0 Å². The first-order chi connectivity index (χ1) is 19.8. The van der Waals surface area contributed by atoms with Crippen LogP contribution in [0.25, 0.3) is 5.76 Å². The molecular weight excluding hydrogens is 572 g/mol. The molecule has 5 rings (SSSR count). The van der Waals surface area contributed by atoms with E-state index in [1.807, 2.05) is 4.90 Å². The average molecular weight is 607 g/mol. The molecule has 1 saturated carbocycles. The minimum absolute atomic E-state index is 0.00159. The highest BCUT2D eigenvalue weighted by Crippen LogP contribution is 2.56. The predicted octanol–water partition coefficient (Wildman–Crippen LogP) is -0.693. The normalized spacial score (nSPS) is 30.4. The number of phenols is 1. The van der Waals surface area contributed by atoms with Crippen molar-refractivity contribution in [3.05, 3.63) is 45.2 Å². The van der Waals surface area contributed by atoms with Gasteiger partial charge in [0.25, 0.3) is 5.91 Å². The van der Waals surface area contributed by atoms with Crippen molar-refractivity contribution < 1.29 is 45.0 Å². The van der Waals surface area contributed by atoms with E-state index in [0.29, 0.717) is 32.7 Å². The first kappa shape index (κ1) is 30.4. The number of halogens is 1. The summed E-state index contributed by atoms with van der Waals surface area (Å²) >= 11 is 6.28. The van der Waals surface area contributed by atoms with Gasteiger partial charge in [-0.1, -0.05) is 11.6 Å². The number of benzene rings is 1. The number of piperazine rings is 1. The van der Waals surface area contributed by atoms with Crippen LogP contribution < -0.4 is 5.32 Å². The van der Waals surface area contributed by atoms with Gasteiger partial charge in [0.05, 0.1) is 31.0 Å². The number of aliphatic hydroxyl groups excluding tert-OH is 4. The van der Waals surface area contributed by atoms with Gasteiger partial charge in [-0.25, -0.2) is 0 Å². The van der Waals surface area contributed by atoms with Crippen LogP contribution in [0.5, 0.6) is 5.75 Å². The van der Waals surface area contributed by atoms with E-state index in [0.717, 1.165) is 0 Å². The number of rotatable bonds is 6. The van der Waals surface area contributed by atoms with Gasteiger partial charge in [-0.3, -0.25) is 29.1 Å². The second-order valence-electron chi connectivity index (χ2n) is 11.5. The van der Waals surface area contributed by atoms with Gasteiger partial charge in [0, 0.05) is 60.7 Å². The molecule has 5 unspecified atom stereocenters. The standard InChI is InChI=1S/C28H35ClN4O9/c1-31(2)21-14-11-13-17(23(37)19-16(35)4-3-15(29)18(19)22(13)36)25(39)28(14,42)26(40)20(24(21)38)27(41)30-12-33-7-5-32(6-8-33)9-10-34/h3-4,13-14,21-22,34-37,40,42H,5-12H2,1-2H3,(H,30,41). The van der Waals surface area contributed by atoms with Gasteiger partial charge in [-0.15, -0.1) is 0 Å². The van der Waals surface area contributed by atoms with E-state index in [2.05, 4.69) is 10.2 Å². The quantitative estimate of drug-likeness (QED) is 0.202. The van der Waals surface area contributed by atoms with E-state index in [9.17, 15) is 39.9 Å². The zero-order valence-corrected chi connectivity index (χ0v) is 24.0. The number of carbonyl (C=O) groups excluding carboxylic acids is 3. The van der Waals surface area contributed by atoms with Crippen molar-refractivity contribution in [1.82, 2.24) is 20.0 Å². The Hall–Kier alpha value is -3.04. The summed E-state index contributed by atoms with van der Waals surface area (Å²) in [5, 5.41) is 67.9. The number of hydrogen-bond donors (Lipinski definition) is 7. The monoisotopic (exact) mass is 606 g/mol. The van der Waals surface area contributed by atoms with Gasteiger partial charge in [0.15, 0.2) is 11.4 Å². The molecule has 0 spiro atoms. The largest absolute Gasteiger partial charge is 0.508 e. The highest BCUT2D eigenvalue weighted by Gasteiger charge is 2.65. The Kier molecular flexibility index (Phi) is 8.13. The third kappa shape index (κ3) is 4.60. The molecule has 42 heavy (non-hydrogen) atoms. The molecule has 13 nitrogen and oxygen atoms in total. The van der Waals surface area contributed by atoms with E-state index in [4.69, 9.17) is 16.7 Å². The number of Topliss-reactive ketones (excluding diaryl/α,β-unsaturated/α-hetero) is 2. The van der Waals surface area contributed by atoms with Gasteiger partial charge in [0.2, 0.25) is 5.78 Å². The van der Waals surface area contributed by atoms with Crippen molar-refractivity contribution in [3.8, 4) is 5.75 Å². The number of amides is 1. The number of aliphatic hydroxyl groups is 5.